The van der Waals surface area contributed by atoms with Gasteiger partial charge in [0.05, 0.1) is 36.4 Å². The van der Waals surface area contributed by atoms with Crippen LogP contribution in [0.2, 0.25) is 0 Å². The zero-order valence-corrected chi connectivity index (χ0v) is 17.4. The van der Waals surface area contributed by atoms with Crippen molar-refractivity contribution in [2.45, 2.75) is 41.7 Å². The average molecular weight is 424 g/mol. The zero-order chi connectivity index (χ0) is 21.5. The van der Waals surface area contributed by atoms with Crippen LogP contribution in [0.3, 0.4) is 0 Å². The summed E-state index contributed by atoms with van der Waals surface area (Å²) < 4.78 is 40.8. The number of carbonyl (C=O) groups excluding carboxylic acids is 3. The van der Waals surface area contributed by atoms with Gasteiger partial charge in [-0.25, -0.2) is 8.42 Å². The van der Waals surface area contributed by atoms with Gasteiger partial charge in [0.15, 0.2) is 15.3 Å². The molecule has 9 heteroatoms. The number of methoxy groups -OCH3 is 3. The van der Waals surface area contributed by atoms with Gasteiger partial charge in [-0.15, -0.1) is 0 Å². The number of hydrogen-bond donors (Lipinski definition) is 0. The van der Waals surface area contributed by atoms with Gasteiger partial charge in [-0.3, -0.25) is 14.4 Å². The SMILES string of the molecule is COC(=O)C1(C(=O)OC)C[C@]2(C(=O)OC)CCC[C@]2(S(=O)(=O)c2ccccc2)C1. The molecule has 0 spiro atoms. The molecule has 0 N–H and O–H groups in total. The van der Waals surface area contributed by atoms with Crippen LogP contribution in [0, 0.1) is 10.8 Å². The van der Waals surface area contributed by atoms with E-state index in [0.717, 1.165) is 14.2 Å². The van der Waals surface area contributed by atoms with Crippen molar-refractivity contribution in [3.63, 3.8) is 0 Å². The largest absolute Gasteiger partial charge is 0.469 e. The Morgan fingerprint density at radius 3 is 1.90 bits per heavy atom. The maximum absolute atomic E-state index is 13.9. The molecule has 3 rings (SSSR count). The van der Waals surface area contributed by atoms with Gasteiger partial charge in [-0.1, -0.05) is 24.6 Å². The molecule has 0 heterocycles. The smallest absolute Gasteiger partial charge is 0.323 e. The summed E-state index contributed by atoms with van der Waals surface area (Å²) >= 11 is 0. The first-order chi connectivity index (χ1) is 13.7. The van der Waals surface area contributed by atoms with Crippen molar-refractivity contribution in [1.82, 2.24) is 0 Å². The number of hydrogen-bond acceptors (Lipinski definition) is 8. The molecule has 8 nitrogen and oxygen atoms in total. The first-order valence-electron chi connectivity index (χ1n) is 9.22. The first kappa shape index (κ1) is 21.3. The fourth-order valence-electron chi connectivity index (χ4n) is 5.35. The summed E-state index contributed by atoms with van der Waals surface area (Å²) in [7, 11) is -0.719. The Balaban J connectivity index is 2.31. The molecule has 2 atom stereocenters. The van der Waals surface area contributed by atoms with Crippen LogP contribution in [0.4, 0.5) is 0 Å². The number of benzene rings is 1. The second-order valence-electron chi connectivity index (χ2n) is 7.66. The molecular weight excluding hydrogens is 400 g/mol. The molecule has 0 amide bonds. The Labute approximate surface area is 169 Å². The number of ether oxygens (including phenoxy) is 3. The molecule has 158 valence electrons. The molecule has 0 aliphatic heterocycles. The van der Waals surface area contributed by atoms with Gasteiger partial charge in [-0.2, -0.15) is 0 Å². The van der Waals surface area contributed by atoms with Gasteiger partial charge in [0, 0.05) is 0 Å². The van der Waals surface area contributed by atoms with Gasteiger partial charge in [0.1, 0.15) is 0 Å². The standard InChI is InChI=1S/C20H24O8S/c1-26-15(21)18(16(22)27-2)12-19(17(23)28-3)10-7-11-20(19,13-18)29(24,25)14-8-5-4-6-9-14/h4-6,8-9H,7,10-13H2,1-3H3/t19-,20-/m0/s1. The average Bonchev–Trinajstić information content (AvgIpc) is 3.26. The number of esters is 3. The van der Waals surface area contributed by atoms with Gasteiger partial charge >= 0.3 is 17.9 Å². The van der Waals surface area contributed by atoms with E-state index >= 15 is 0 Å². The third kappa shape index (κ3) is 2.63. The Morgan fingerprint density at radius 1 is 0.828 bits per heavy atom. The molecule has 0 unspecified atom stereocenters. The Morgan fingerprint density at radius 2 is 1.38 bits per heavy atom. The van der Waals surface area contributed by atoms with Crippen molar-refractivity contribution in [2.75, 3.05) is 21.3 Å². The summed E-state index contributed by atoms with van der Waals surface area (Å²) in [4.78, 5) is 38.6. The lowest BCUT2D eigenvalue weighted by atomic mass is 9.77. The summed E-state index contributed by atoms with van der Waals surface area (Å²) in [5.41, 5.74) is -3.46. The molecule has 1 aromatic carbocycles. The second kappa shape index (κ2) is 7.12. The third-order valence-corrected chi connectivity index (χ3v) is 9.20. The van der Waals surface area contributed by atoms with Gasteiger partial charge in [-0.05, 0) is 37.8 Å². The van der Waals surface area contributed by atoms with Gasteiger partial charge < -0.3 is 14.2 Å². The normalized spacial score (nSPS) is 27.7. The van der Waals surface area contributed by atoms with Crippen LogP contribution in [0.1, 0.15) is 32.1 Å². The van der Waals surface area contributed by atoms with Crippen LogP contribution >= 0.6 is 0 Å². The minimum absolute atomic E-state index is 0.0284. The lowest BCUT2D eigenvalue weighted by Crippen LogP contribution is -2.51. The summed E-state index contributed by atoms with van der Waals surface area (Å²) in [6.45, 7) is 0. The van der Waals surface area contributed by atoms with Crippen LogP contribution in [-0.4, -0.2) is 52.4 Å². The summed E-state index contributed by atoms with van der Waals surface area (Å²) in [6.07, 6.45) is 0.0138. The summed E-state index contributed by atoms with van der Waals surface area (Å²) in [5, 5.41) is 0. The van der Waals surface area contributed by atoms with Gasteiger partial charge in [0.2, 0.25) is 0 Å². The maximum Gasteiger partial charge on any atom is 0.323 e. The van der Waals surface area contributed by atoms with E-state index in [9.17, 15) is 22.8 Å². The molecule has 2 saturated carbocycles. The van der Waals surface area contributed by atoms with Crippen molar-refractivity contribution in [1.29, 1.82) is 0 Å². The lowest BCUT2D eigenvalue weighted by molar-refractivity contribution is -0.170. The van der Waals surface area contributed by atoms with Crippen molar-refractivity contribution >= 4 is 27.7 Å². The number of sulfone groups is 1. The Bertz CT molecular complexity index is 922. The molecule has 0 saturated heterocycles. The van der Waals surface area contributed by atoms with Crippen LogP contribution < -0.4 is 0 Å². The molecular formula is C20H24O8S. The summed E-state index contributed by atoms with van der Waals surface area (Å²) in [6, 6.07) is 7.74. The molecule has 1 aromatic rings. The van der Waals surface area contributed by atoms with Crippen molar-refractivity contribution in [3.8, 4) is 0 Å². The fraction of sp³-hybridized carbons (Fsp3) is 0.550. The minimum atomic E-state index is -4.12. The van der Waals surface area contributed by atoms with Crippen molar-refractivity contribution in [3.05, 3.63) is 30.3 Å². The number of rotatable bonds is 5. The molecule has 29 heavy (non-hydrogen) atoms. The highest BCUT2D eigenvalue weighted by Gasteiger charge is 2.78. The zero-order valence-electron chi connectivity index (χ0n) is 16.6. The van der Waals surface area contributed by atoms with Crippen molar-refractivity contribution in [2.24, 2.45) is 10.8 Å². The first-order valence-corrected chi connectivity index (χ1v) is 10.7. The predicted molar refractivity (Wildman–Crippen MR) is 100 cm³/mol. The van der Waals surface area contributed by atoms with Crippen LogP contribution in [-0.2, 0) is 38.4 Å². The topological polar surface area (TPSA) is 113 Å². The summed E-state index contributed by atoms with van der Waals surface area (Å²) in [5.74, 6) is -2.57. The third-order valence-electron chi connectivity index (χ3n) is 6.54. The molecule has 2 aliphatic rings. The van der Waals surface area contributed by atoms with Crippen LogP contribution in [0.5, 0.6) is 0 Å². The molecule has 0 radical (unpaired) electrons. The highest BCUT2D eigenvalue weighted by atomic mass is 32.2. The Kier molecular flexibility index (Phi) is 5.23. The van der Waals surface area contributed by atoms with E-state index in [4.69, 9.17) is 14.2 Å². The molecule has 2 fully saturated rings. The number of carbonyl (C=O) groups is 3. The predicted octanol–water partition coefficient (Wildman–Crippen LogP) is 1.67. The monoisotopic (exact) mass is 424 g/mol. The molecule has 2 aliphatic carbocycles. The van der Waals surface area contributed by atoms with Crippen molar-refractivity contribution < 1.29 is 37.0 Å². The fourth-order valence-corrected chi connectivity index (χ4v) is 7.93. The van der Waals surface area contributed by atoms with Crippen LogP contribution in [0.15, 0.2) is 35.2 Å². The number of fused-ring (bicyclic) bond motifs is 1. The second-order valence-corrected chi connectivity index (χ2v) is 9.92. The maximum atomic E-state index is 13.9. The minimum Gasteiger partial charge on any atom is -0.469 e. The lowest BCUT2D eigenvalue weighted by Gasteiger charge is -2.37. The van der Waals surface area contributed by atoms with E-state index in [-0.39, 0.29) is 24.2 Å². The highest BCUT2D eigenvalue weighted by molar-refractivity contribution is 7.93. The van der Waals surface area contributed by atoms with Crippen LogP contribution in [0.25, 0.3) is 0 Å². The Hall–Kier alpha value is -2.42. The highest BCUT2D eigenvalue weighted by Crippen LogP contribution is 2.68. The van der Waals surface area contributed by atoms with E-state index in [0.29, 0.717) is 6.42 Å². The molecule has 0 bridgehead atoms. The van der Waals surface area contributed by atoms with E-state index < -0.39 is 49.7 Å². The van der Waals surface area contributed by atoms with E-state index in [1.165, 1.54) is 19.2 Å². The van der Waals surface area contributed by atoms with E-state index in [1.54, 1.807) is 18.2 Å². The van der Waals surface area contributed by atoms with Gasteiger partial charge in [0.25, 0.3) is 0 Å². The van der Waals surface area contributed by atoms with E-state index in [1.807, 2.05) is 0 Å². The quantitative estimate of drug-likeness (QED) is 0.398. The molecule has 0 aromatic heterocycles. The van der Waals surface area contributed by atoms with E-state index in [2.05, 4.69) is 0 Å².